The molecule has 1 aliphatic rings. The number of hydrogen-bond donors (Lipinski definition) is 1. The molecule has 46 heavy (non-hydrogen) atoms. The van der Waals surface area contributed by atoms with Crippen LogP contribution >= 0.6 is 0 Å². The molecule has 0 saturated heterocycles. The molecule has 0 spiro atoms. The van der Waals surface area contributed by atoms with Gasteiger partial charge in [-0.05, 0) is 50.5 Å². The van der Waals surface area contributed by atoms with Crippen molar-refractivity contribution in [2.75, 3.05) is 6.54 Å². The molecule has 2 heterocycles. The molecule has 1 N–H and O–H groups in total. The highest BCUT2D eigenvalue weighted by atomic mass is 19.4. The van der Waals surface area contributed by atoms with Crippen molar-refractivity contribution in [3.63, 3.8) is 0 Å². The number of alkyl halides is 6. The van der Waals surface area contributed by atoms with Crippen LogP contribution in [0, 0.1) is 17.5 Å². The highest BCUT2D eigenvalue weighted by Crippen LogP contribution is 2.38. The fourth-order valence-electron chi connectivity index (χ4n) is 5.14. The normalized spacial score (nSPS) is 16.2. The summed E-state index contributed by atoms with van der Waals surface area (Å²) in [4.78, 5) is 27.4. The van der Waals surface area contributed by atoms with Gasteiger partial charge in [0, 0.05) is 38.0 Å². The number of benzene rings is 2. The van der Waals surface area contributed by atoms with Crippen molar-refractivity contribution in [3.8, 4) is 0 Å². The Bertz CT molecular complexity index is 1600. The predicted molar refractivity (Wildman–Crippen MR) is 142 cm³/mol. The van der Waals surface area contributed by atoms with Gasteiger partial charge in [0.1, 0.15) is 11.4 Å². The number of carbonyl (C=O) groups excluding carboxylic acids is 2. The highest BCUT2D eigenvalue weighted by Gasteiger charge is 2.44. The van der Waals surface area contributed by atoms with E-state index in [-0.39, 0.29) is 11.6 Å². The molecule has 1 aromatic heterocycles. The lowest BCUT2D eigenvalue weighted by molar-refractivity contribution is -0.148. The molecule has 2 atom stereocenters. The first-order valence-electron chi connectivity index (χ1n) is 13.8. The average molecular weight is 666 g/mol. The third-order valence-corrected chi connectivity index (χ3v) is 7.03. The van der Waals surface area contributed by atoms with Crippen molar-refractivity contribution in [1.29, 1.82) is 0 Å². The van der Waals surface area contributed by atoms with Crippen LogP contribution in [0.3, 0.4) is 0 Å². The fourth-order valence-corrected chi connectivity index (χ4v) is 5.14. The lowest BCUT2D eigenvalue weighted by Gasteiger charge is -2.37. The Morgan fingerprint density at radius 1 is 0.913 bits per heavy atom. The van der Waals surface area contributed by atoms with E-state index in [2.05, 4.69) is 15.5 Å². The molecule has 0 bridgehead atoms. The largest absolute Gasteiger partial charge is 0.451 e. The summed E-state index contributed by atoms with van der Waals surface area (Å²) < 4.78 is 130. The molecule has 0 radical (unpaired) electrons. The molecule has 0 aliphatic carbocycles. The third kappa shape index (κ3) is 8.09. The number of fused-ring (bicyclic) bond motifs is 1. The van der Waals surface area contributed by atoms with Gasteiger partial charge in [0.15, 0.2) is 17.5 Å². The summed E-state index contributed by atoms with van der Waals surface area (Å²) in [6.45, 7) is 3.70. The van der Waals surface area contributed by atoms with Crippen LogP contribution in [0.2, 0.25) is 0 Å². The molecule has 3 aromatic rings. The van der Waals surface area contributed by atoms with Gasteiger partial charge in [-0.25, -0.2) is 18.0 Å². The molecule has 0 fully saturated rings. The van der Waals surface area contributed by atoms with Crippen molar-refractivity contribution < 1.29 is 53.8 Å². The lowest BCUT2D eigenvalue weighted by Crippen LogP contribution is -2.48. The van der Waals surface area contributed by atoms with Gasteiger partial charge >= 0.3 is 18.4 Å². The Labute approximate surface area is 256 Å². The van der Waals surface area contributed by atoms with Crippen molar-refractivity contribution in [3.05, 3.63) is 82.2 Å². The summed E-state index contributed by atoms with van der Waals surface area (Å²) in [7, 11) is 0. The Balaban J connectivity index is 1.71. The number of hydrogen-bond acceptors (Lipinski definition) is 5. The molecular weight excluding hydrogens is 637 g/mol. The fraction of sp³-hybridized carbons (Fsp3) is 0.448. The van der Waals surface area contributed by atoms with Gasteiger partial charge in [0.25, 0.3) is 0 Å². The number of carbonyl (C=O) groups is 2. The van der Waals surface area contributed by atoms with E-state index in [1.807, 2.05) is 0 Å². The van der Waals surface area contributed by atoms with Crippen LogP contribution in [-0.4, -0.2) is 49.9 Å². The van der Waals surface area contributed by atoms with E-state index in [0.29, 0.717) is 10.6 Å². The molecule has 8 nitrogen and oxygen atoms in total. The van der Waals surface area contributed by atoms with Crippen molar-refractivity contribution in [2.45, 2.75) is 76.6 Å². The van der Waals surface area contributed by atoms with Crippen LogP contribution in [0.25, 0.3) is 0 Å². The maximum Gasteiger partial charge on any atom is 0.451 e. The summed E-state index contributed by atoms with van der Waals surface area (Å²) in [5, 5.41) is 9.15. The summed E-state index contributed by atoms with van der Waals surface area (Å²) >= 11 is 0. The topological polar surface area (TPSA) is 89.4 Å². The monoisotopic (exact) mass is 665 g/mol. The molecule has 17 heteroatoms. The van der Waals surface area contributed by atoms with Crippen molar-refractivity contribution in [2.24, 2.45) is 0 Å². The Hall–Kier alpha value is -4.31. The zero-order chi connectivity index (χ0) is 34.2. The first-order valence-corrected chi connectivity index (χ1v) is 13.8. The molecular formula is C29H28F9N5O3. The number of aromatic nitrogens is 3. The maximum atomic E-state index is 14.5. The van der Waals surface area contributed by atoms with E-state index in [0.717, 1.165) is 23.1 Å². The molecule has 250 valence electrons. The van der Waals surface area contributed by atoms with E-state index < -0.39 is 115 Å². The zero-order valence-electron chi connectivity index (χ0n) is 24.6. The highest BCUT2D eigenvalue weighted by molar-refractivity contribution is 5.78. The van der Waals surface area contributed by atoms with E-state index >= 15 is 0 Å². The minimum atomic E-state index is -4.96. The van der Waals surface area contributed by atoms with Crippen LogP contribution in [0.15, 0.2) is 36.4 Å². The number of halogens is 9. The molecule has 4 rings (SSSR count). The van der Waals surface area contributed by atoms with Crippen molar-refractivity contribution >= 4 is 12.0 Å². The van der Waals surface area contributed by atoms with E-state index in [9.17, 15) is 49.1 Å². The molecule has 0 saturated carbocycles. The summed E-state index contributed by atoms with van der Waals surface area (Å²) in [5.41, 5.74) is -2.85. The van der Waals surface area contributed by atoms with Gasteiger partial charge in [-0.3, -0.25) is 4.79 Å². The summed E-state index contributed by atoms with van der Waals surface area (Å²) in [6, 6.07) is 2.33. The van der Waals surface area contributed by atoms with E-state index in [4.69, 9.17) is 4.74 Å². The smallest absolute Gasteiger partial charge is 0.444 e. The second-order valence-corrected chi connectivity index (χ2v) is 11.6. The standard InChI is InChI=1S/C29H28F9N5O3/c1-27(2,3)46-26(45)39-17(10-16-11-20(31)21(32)14-19(16)30)13-23(44)42-8-9-43-24(40-41-25(43)29(36,37)38)22(42)12-15-6-4-5-7-18(15)28(33,34)35/h4-7,11,14,17,22H,8-10,12-13H2,1-3H3,(H,39,45)/t17-,22-/m1/s1. The second-order valence-electron chi connectivity index (χ2n) is 11.6. The van der Waals surface area contributed by atoms with Gasteiger partial charge < -0.3 is 19.5 Å². The van der Waals surface area contributed by atoms with Crippen molar-refractivity contribution in [1.82, 2.24) is 25.0 Å². The number of ether oxygens (including phenoxy) is 1. The van der Waals surface area contributed by atoms with Crippen LogP contribution in [0.1, 0.15) is 61.6 Å². The number of amides is 2. The van der Waals surface area contributed by atoms with Gasteiger partial charge in [-0.1, -0.05) is 18.2 Å². The molecule has 0 unspecified atom stereocenters. The summed E-state index contributed by atoms with van der Waals surface area (Å²) in [6.07, 6.45) is -12.7. The Morgan fingerprint density at radius 2 is 1.57 bits per heavy atom. The molecule has 1 aliphatic heterocycles. The third-order valence-electron chi connectivity index (χ3n) is 7.03. The minimum absolute atomic E-state index is 0.279. The Morgan fingerprint density at radius 3 is 2.20 bits per heavy atom. The Kier molecular flexibility index (Phi) is 9.64. The van der Waals surface area contributed by atoms with Crippen LogP contribution in [0.5, 0.6) is 0 Å². The average Bonchev–Trinajstić information content (AvgIpc) is 3.36. The second kappa shape index (κ2) is 12.8. The number of rotatable bonds is 7. The maximum absolute atomic E-state index is 14.5. The van der Waals surface area contributed by atoms with Gasteiger partial charge in [0.05, 0.1) is 11.6 Å². The first kappa shape index (κ1) is 34.6. The van der Waals surface area contributed by atoms with Gasteiger partial charge in [-0.2, -0.15) is 26.3 Å². The van der Waals surface area contributed by atoms with Crippen LogP contribution in [0.4, 0.5) is 44.3 Å². The predicted octanol–water partition coefficient (Wildman–Crippen LogP) is 6.39. The molecule has 2 amide bonds. The summed E-state index contributed by atoms with van der Waals surface area (Å²) in [5.74, 6) is -6.77. The van der Waals surface area contributed by atoms with E-state index in [1.54, 1.807) is 0 Å². The van der Waals surface area contributed by atoms with Crippen LogP contribution < -0.4 is 5.32 Å². The minimum Gasteiger partial charge on any atom is -0.444 e. The number of nitrogens with one attached hydrogen (secondary N) is 1. The number of nitrogens with zero attached hydrogens (tertiary/aromatic N) is 4. The molecule has 2 aromatic carbocycles. The van der Waals surface area contributed by atoms with Gasteiger partial charge in [0.2, 0.25) is 11.7 Å². The van der Waals surface area contributed by atoms with E-state index in [1.165, 1.54) is 26.8 Å². The SMILES string of the molecule is CC(C)(C)OC(=O)N[C@@H](CC(=O)N1CCn2c(nnc2C(F)(F)F)[C@H]1Cc1ccccc1C(F)(F)F)Cc1cc(F)c(F)cc1F. The van der Waals surface area contributed by atoms with Gasteiger partial charge in [-0.15, -0.1) is 10.2 Å². The quantitative estimate of drug-likeness (QED) is 0.234. The number of alkyl carbamates (subject to hydrolysis) is 1. The first-order chi connectivity index (χ1) is 21.2. The van der Waals surface area contributed by atoms with Crippen LogP contribution in [-0.2, 0) is 41.3 Å². The lowest BCUT2D eigenvalue weighted by atomic mass is 9.96. The zero-order valence-corrected chi connectivity index (χ0v) is 24.6.